The Morgan fingerprint density at radius 1 is 1.29 bits per heavy atom. The Balaban J connectivity index is 1.77. The van der Waals surface area contributed by atoms with Crippen LogP contribution in [0.25, 0.3) is 10.9 Å². The van der Waals surface area contributed by atoms with Crippen molar-refractivity contribution in [1.82, 2.24) is 14.6 Å². The number of fused-ring (bicyclic) bond motifs is 3. The summed E-state index contributed by atoms with van der Waals surface area (Å²) in [6, 6.07) is 5.75. The number of benzene rings is 1. The number of rotatable bonds is 5. The number of nitrogens with zero attached hydrogens (tertiary/aromatic N) is 1. The highest BCUT2D eigenvalue weighted by Gasteiger charge is 2.18. The molecule has 2 aromatic rings. The number of amides is 1. The van der Waals surface area contributed by atoms with Gasteiger partial charge >= 0.3 is 0 Å². The van der Waals surface area contributed by atoms with Crippen molar-refractivity contribution in [2.45, 2.75) is 25.7 Å². The van der Waals surface area contributed by atoms with E-state index in [2.05, 4.69) is 9.71 Å². The summed E-state index contributed by atoms with van der Waals surface area (Å²) >= 11 is 0. The molecule has 0 saturated heterocycles. The van der Waals surface area contributed by atoms with Gasteiger partial charge in [-0.05, 0) is 49.4 Å². The van der Waals surface area contributed by atoms with Crippen LogP contribution in [0, 0.1) is 0 Å². The first-order chi connectivity index (χ1) is 11.3. The van der Waals surface area contributed by atoms with Crippen LogP contribution in [-0.4, -0.2) is 50.6 Å². The summed E-state index contributed by atoms with van der Waals surface area (Å²) in [4.78, 5) is 17.6. The maximum absolute atomic E-state index is 12.6. The van der Waals surface area contributed by atoms with Gasteiger partial charge < -0.3 is 9.88 Å². The van der Waals surface area contributed by atoms with Crippen LogP contribution in [0.3, 0.4) is 0 Å². The van der Waals surface area contributed by atoms with Gasteiger partial charge in [0.15, 0.2) is 0 Å². The minimum absolute atomic E-state index is 0.0991. The first kappa shape index (κ1) is 17.0. The Morgan fingerprint density at radius 3 is 2.79 bits per heavy atom. The third kappa shape index (κ3) is 3.62. The van der Waals surface area contributed by atoms with Crippen molar-refractivity contribution in [3.8, 4) is 0 Å². The van der Waals surface area contributed by atoms with E-state index in [1.54, 1.807) is 11.9 Å². The van der Waals surface area contributed by atoms with E-state index in [-0.39, 0.29) is 12.5 Å². The number of sulfonamides is 1. The zero-order chi connectivity index (χ0) is 17.3. The predicted octanol–water partition coefficient (Wildman–Crippen LogP) is 1.67. The summed E-state index contributed by atoms with van der Waals surface area (Å²) in [5.41, 5.74) is 4.36. The summed E-state index contributed by atoms with van der Waals surface area (Å²) in [6.45, 7) is 0.540. The van der Waals surface area contributed by atoms with Crippen molar-refractivity contribution in [1.29, 1.82) is 0 Å². The average Bonchev–Trinajstić information content (AvgIpc) is 2.90. The molecule has 7 heteroatoms. The molecule has 0 radical (unpaired) electrons. The highest BCUT2D eigenvalue weighted by Crippen LogP contribution is 2.29. The van der Waals surface area contributed by atoms with Gasteiger partial charge in [0.25, 0.3) is 5.91 Å². The Labute approximate surface area is 142 Å². The van der Waals surface area contributed by atoms with E-state index in [0.717, 1.165) is 30.0 Å². The molecule has 1 amide bonds. The van der Waals surface area contributed by atoms with Crippen LogP contribution in [0.1, 0.15) is 34.5 Å². The molecule has 1 heterocycles. The van der Waals surface area contributed by atoms with Gasteiger partial charge in [-0.1, -0.05) is 0 Å². The van der Waals surface area contributed by atoms with Gasteiger partial charge in [0.1, 0.15) is 0 Å². The van der Waals surface area contributed by atoms with E-state index >= 15 is 0 Å². The lowest BCUT2D eigenvalue weighted by molar-refractivity contribution is 0.0798. The third-order valence-corrected chi connectivity index (χ3v) is 5.23. The topological polar surface area (TPSA) is 82.3 Å². The standard InChI is InChI=1S/C17H23N3O3S/c1-20(10-9-18-24(2,22)23)17(21)12-7-8-16-14(11-12)13-5-3-4-6-15(13)19-16/h7-8,11,18-19H,3-6,9-10H2,1-2H3. The first-order valence-electron chi connectivity index (χ1n) is 8.19. The Morgan fingerprint density at radius 2 is 2.04 bits per heavy atom. The van der Waals surface area contributed by atoms with Crippen molar-refractivity contribution in [2.75, 3.05) is 26.4 Å². The van der Waals surface area contributed by atoms with E-state index in [0.29, 0.717) is 12.1 Å². The number of aromatic nitrogens is 1. The fourth-order valence-electron chi connectivity index (χ4n) is 3.26. The smallest absolute Gasteiger partial charge is 0.253 e. The van der Waals surface area contributed by atoms with Crippen LogP contribution in [0.2, 0.25) is 0 Å². The molecule has 3 rings (SSSR count). The second kappa shape index (κ2) is 6.57. The van der Waals surface area contributed by atoms with Crippen molar-refractivity contribution in [3.05, 3.63) is 35.0 Å². The molecule has 6 nitrogen and oxygen atoms in total. The van der Waals surface area contributed by atoms with Crippen molar-refractivity contribution in [3.63, 3.8) is 0 Å². The van der Waals surface area contributed by atoms with Crippen molar-refractivity contribution in [2.24, 2.45) is 0 Å². The van der Waals surface area contributed by atoms with E-state index in [1.807, 2.05) is 18.2 Å². The number of hydrogen-bond acceptors (Lipinski definition) is 3. The molecule has 0 bridgehead atoms. The number of carbonyl (C=O) groups is 1. The largest absolute Gasteiger partial charge is 0.358 e. The molecule has 1 aliphatic rings. The zero-order valence-corrected chi connectivity index (χ0v) is 14.9. The molecular formula is C17H23N3O3S. The lowest BCUT2D eigenvalue weighted by atomic mass is 9.95. The fourth-order valence-corrected chi connectivity index (χ4v) is 3.72. The summed E-state index contributed by atoms with van der Waals surface area (Å²) < 4.78 is 24.6. The lowest BCUT2D eigenvalue weighted by Gasteiger charge is -2.17. The van der Waals surface area contributed by atoms with Gasteiger partial charge in [0, 0.05) is 42.3 Å². The molecule has 0 aliphatic heterocycles. The van der Waals surface area contributed by atoms with E-state index in [1.165, 1.54) is 24.1 Å². The van der Waals surface area contributed by atoms with Gasteiger partial charge in [-0.3, -0.25) is 4.79 Å². The number of aromatic amines is 1. The molecule has 0 fully saturated rings. The van der Waals surface area contributed by atoms with Crippen molar-refractivity contribution >= 4 is 26.8 Å². The molecule has 1 aliphatic carbocycles. The van der Waals surface area contributed by atoms with E-state index in [4.69, 9.17) is 0 Å². The minimum Gasteiger partial charge on any atom is -0.358 e. The maximum atomic E-state index is 12.6. The summed E-state index contributed by atoms with van der Waals surface area (Å²) in [5, 5.41) is 1.14. The highest BCUT2D eigenvalue weighted by atomic mass is 32.2. The third-order valence-electron chi connectivity index (χ3n) is 4.50. The number of nitrogens with one attached hydrogen (secondary N) is 2. The summed E-state index contributed by atoms with van der Waals surface area (Å²) in [6.07, 6.45) is 5.64. The minimum atomic E-state index is -3.23. The number of aryl methyl sites for hydroxylation is 2. The van der Waals surface area contributed by atoms with Crippen LogP contribution in [0.15, 0.2) is 18.2 Å². The molecule has 130 valence electrons. The molecule has 1 aromatic carbocycles. The van der Waals surface area contributed by atoms with E-state index in [9.17, 15) is 13.2 Å². The molecule has 0 unspecified atom stereocenters. The SMILES string of the molecule is CN(CCNS(C)(=O)=O)C(=O)c1ccc2[nH]c3c(c2c1)CCCC3. The molecule has 0 saturated carbocycles. The fraction of sp³-hybridized carbons (Fsp3) is 0.471. The monoisotopic (exact) mass is 349 g/mol. The summed E-state index contributed by atoms with van der Waals surface area (Å²) in [7, 11) is -1.55. The van der Waals surface area contributed by atoms with Gasteiger partial charge in [-0.2, -0.15) is 0 Å². The molecule has 0 spiro atoms. The Bertz CT molecular complexity index is 871. The van der Waals surface area contributed by atoms with Crippen LogP contribution in [0.5, 0.6) is 0 Å². The number of hydrogen-bond donors (Lipinski definition) is 2. The normalized spacial score (nSPS) is 14.6. The average molecular weight is 349 g/mol. The molecule has 0 atom stereocenters. The van der Waals surface area contributed by atoms with Gasteiger partial charge in [0.2, 0.25) is 10.0 Å². The second-order valence-corrected chi connectivity index (χ2v) is 8.28. The quantitative estimate of drug-likeness (QED) is 0.861. The zero-order valence-electron chi connectivity index (χ0n) is 14.1. The lowest BCUT2D eigenvalue weighted by Crippen LogP contribution is -2.35. The first-order valence-corrected chi connectivity index (χ1v) is 10.1. The van der Waals surface area contributed by atoms with Crippen LogP contribution >= 0.6 is 0 Å². The Hall–Kier alpha value is -1.86. The molecule has 24 heavy (non-hydrogen) atoms. The molecular weight excluding hydrogens is 326 g/mol. The summed E-state index contributed by atoms with van der Waals surface area (Å²) in [5.74, 6) is -0.0991. The second-order valence-electron chi connectivity index (χ2n) is 6.44. The number of carbonyl (C=O) groups excluding carboxylic acids is 1. The van der Waals surface area contributed by atoms with Gasteiger partial charge in [-0.25, -0.2) is 13.1 Å². The number of likely N-dealkylation sites (N-methyl/N-ethyl adjacent to an activating group) is 1. The molecule has 2 N–H and O–H groups in total. The number of H-pyrrole nitrogens is 1. The van der Waals surface area contributed by atoms with Crippen LogP contribution in [0.4, 0.5) is 0 Å². The maximum Gasteiger partial charge on any atom is 0.253 e. The predicted molar refractivity (Wildman–Crippen MR) is 94.7 cm³/mol. The van der Waals surface area contributed by atoms with E-state index < -0.39 is 10.0 Å². The van der Waals surface area contributed by atoms with Crippen molar-refractivity contribution < 1.29 is 13.2 Å². The van der Waals surface area contributed by atoms with Crippen LogP contribution in [-0.2, 0) is 22.9 Å². The highest BCUT2D eigenvalue weighted by molar-refractivity contribution is 7.88. The Kier molecular flexibility index (Phi) is 4.64. The molecule has 1 aromatic heterocycles. The van der Waals surface area contributed by atoms with Crippen LogP contribution < -0.4 is 4.72 Å². The van der Waals surface area contributed by atoms with Gasteiger partial charge in [-0.15, -0.1) is 0 Å². The van der Waals surface area contributed by atoms with Gasteiger partial charge in [0.05, 0.1) is 6.26 Å².